The second kappa shape index (κ2) is 23.7. The Balaban J connectivity index is 2.39. The van der Waals surface area contributed by atoms with Crippen molar-refractivity contribution in [2.75, 3.05) is 7.11 Å². The average Bonchev–Trinajstić information content (AvgIpc) is 2.97. The van der Waals surface area contributed by atoms with Gasteiger partial charge in [-0.2, -0.15) is 0 Å². The van der Waals surface area contributed by atoms with E-state index in [4.69, 9.17) is 9.47 Å². The van der Waals surface area contributed by atoms with Crippen molar-refractivity contribution in [1.29, 1.82) is 0 Å². The van der Waals surface area contributed by atoms with Gasteiger partial charge in [0, 0.05) is 17.5 Å². The first-order valence-corrected chi connectivity index (χ1v) is 16.3. The molecule has 1 aromatic carbocycles. The van der Waals surface area contributed by atoms with Crippen molar-refractivity contribution in [3.63, 3.8) is 0 Å². The maximum absolute atomic E-state index is 12.3. The van der Waals surface area contributed by atoms with E-state index in [1.54, 1.807) is 6.07 Å². The molecule has 0 fully saturated rings. The van der Waals surface area contributed by atoms with Gasteiger partial charge in [0.1, 0.15) is 18.1 Å². The fourth-order valence-corrected chi connectivity index (χ4v) is 4.92. The first kappa shape index (κ1) is 37.2. The monoisotopic (exact) mass is 582 g/mol. The number of rotatable bonds is 24. The van der Waals surface area contributed by atoms with Gasteiger partial charge in [0.05, 0.1) is 12.7 Å². The van der Waals surface area contributed by atoms with Gasteiger partial charge in [-0.3, -0.25) is 9.59 Å². The summed E-state index contributed by atoms with van der Waals surface area (Å²) in [6, 6.07) is 1.69. The highest BCUT2D eigenvalue weighted by atomic mass is 16.5. The fourth-order valence-electron chi connectivity index (χ4n) is 4.92. The molecule has 0 aliphatic rings. The number of allylic oxidation sites excluding steroid dienone is 6. The molecular weight excluding hydrogens is 524 g/mol. The molecule has 1 N–H and O–H groups in total. The number of carbonyl (C=O) groups is 2. The first-order valence-electron chi connectivity index (χ1n) is 16.3. The highest BCUT2D eigenvalue weighted by Gasteiger charge is 2.18. The highest BCUT2D eigenvalue weighted by molar-refractivity contribution is 5.83. The van der Waals surface area contributed by atoms with E-state index in [0.29, 0.717) is 36.0 Å². The molecule has 0 amide bonds. The zero-order valence-corrected chi connectivity index (χ0v) is 27.3. The van der Waals surface area contributed by atoms with Crippen LogP contribution in [0.1, 0.15) is 152 Å². The molecule has 0 unspecified atom stereocenters. The predicted molar refractivity (Wildman–Crippen MR) is 175 cm³/mol. The summed E-state index contributed by atoms with van der Waals surface area (Å²) in [4.78, 5) is 24.2. The molecule has 0 aliphatic carbocycles. The minimum Gasteiger partial charge on any atom is -0.507 e. The molecule has 5 heteroatoms. The van der Waals surface area contributed by atoms with E-state index in [1.165, 1.54) is 76.0 Å². The van der Waals surface area contributed by atoms with Crippen molar-refractivity contribution in [3.8, 4) is 11.5 Å². The SMILES string of the molecule is CCCCCCCCC=CCCCCCCCC(=O)OCc1cc(OC)c(CC=C(C)CCC=C(C)C)c(O)c1C=O. The molecule has 0 saturated carbocycles. The quantitative estimate of drug-likeness (QED) is 0.0568. The fraction of sp³-hybridized carbons (Fsp3) is 0.622. The summed E-state index contributed by atoms with van der Waals surface area (Å²) in [6.07, 6.45) is 27.9. The number of aldehydes is 1. The van der Waals surface area contributed by atoms with Gasteiger partial charge >= 0.3 is 5.97 Å². The zero-order valence-electron chi connectivity index (χ0n) is 27.3. The number of ether oxygens (including phenoxy) is 2. The van der Waals surface area contributed by atoms with E-state index in [1.807, 2.05) is 0 Å². The van der Waals surface area contributed by atoms with Gasteiger partial charge in [0.25, 0.3) is 0 Å². The third-order valence-electron chi connectivity index (χ3n) is 7.60. The van der Waals surface area contributed by atoms with Crippen LogP contribution in [0, 0.1) is 0 Å². The van der Waals surface area contributed by atoms with Crippen LogP contribution in [0.3, 0.4) is 0 Å². The molecule has 0 bridgehead atoms. The molecule has 1 aromatic rings. The lowest BCUT2D eigenvalue weighted by atomic mass is 9.98. The Labute approximate surface area is 256 Å². The van der Waals surface area contributed by atoms with E-state index < -0.39 is 0 Å². The Morgan fingerprint density at radius 2 is 1.45 bits per heavy atom. The number of hydrogen-bond donors (Lipinski definition) is 1. The largest absolute Gasteiger partial charge is 0.507 e. The normalized spacial score (nSPS) is 11.6. The van der Waals surface area contributed by atoms with Gasteiger partial charge in [-0.1, -0.05) is 93.7 Å². The lowest BCUT2D eigenvalue weighted by Gasteiger charge is -2.15. The van der Waals surface area contributed by atoms with Gasteiger partial charge in [-0.05, 0) is 78.2 Å². The Kier molecular flexibility index (Phi) is 21.0. The second-order valence-corrected chi connectivity index (χ2v) is 11.7. The summed E-state index contributed by atoms with van der Waals surface area (Å²) >= 11 is 0. The molecule has 0 aliphatic heterocycles. The minimum atomic E-state index is -0.290. The number of methoxy groups -OCH3 is 1. The number of esters is 1. The van der Waals surface area contributed by atoms with Crippen LogP contribution in [0.2, 0.25) is 0 Å². The maximum Gasteiger partial charge on any atom is 0.306 e. The number of aromatic hydroxyl groups is 1. The first-order chi connectivity index (χ1) is 20.3. The van der Waals surface area contributed by atoms with Crippen LogP contribution in [-0.4, -0.2) is 24.5 Å². The molecule has 0 radical (unpaired) electrons. The molecule has 0 spiro atoms. The van der Waals surface area contributed by atoms with Crippen LogP contribution in [0.4, 0.5) is 0 Å². The third-order valence-corrected chi connectivity index (χ3v) is 7.60. The lowest BCUT2D eigenvalue weighted by molar-refractivity contribution is -0.145. The van der Waals surface area contributed by atoms with E-state index in [9.17, 15) is 14.7 Å². The number of benzene rings is 1. The summed E-state index contributed by atoms with van der Waals surface area (Å²) in [5.41, 5.74) is 3.65. The maximum atomic E-state index is 12.3. The van der Waals surface area contributed by atoms with Gasteiger partial charge in [0.2, 0.25) is 0 Å². The third kappa shape index (κ3) is 16.6. The van der Waals surface area contributed by atoms with E-state index in [-0.39, 0.29) is 23.9 Å². The number of hydrogen-bond acceptors (Lipinski definition) is 5. The molecule has 1 rings (SSSR count). The van der Waals surface area contributed by atoms with Crippen molar-refractivity contribution >= 4 is 12.3 Å². The molecule has 236 valence electrons. The standard InChI is InChI=1S/C37H58O5/c1-6-7-8-9-10-11-12-13-14-15-16-17-18-19-20-24-36(39)42-29-32-27-35(41-5)33(37(40)34(32)28-38)26-25-31(4)23-21-22-30(2)3/h13-14,22,25,27-28,40H,6-12,15-21,23-24,26,29H2,1-5H3. The summed E-state index contributed by atoms with van der Waals surface area (Å²) < 4.78 is 11.0. The average molecular weight is 583 g/mol. The molecule has 5 nitrogen and oxygen atoms in total. The van der Waals surface area contributed by atoms with Gasteiger partial charge < -0.3 is 14.6 Å². The summed E-state index contributed by atoms with van der Waals surface area (Å²) in [6.45, 7) is 8.42. The topological polar surface area (TPSA) is 72.8 Å². The van der Waals surface area contributed by atoms with Crippen LogP contribution in [-0.2, 0) is 22.6 Å². The highest BCUT2D eigenvalue weighted by Crippen LogP contribution is 2.35. The van der Waals surface area contributed by atoms with Crippen molar-refractivity contribution < 1.29 is 24.2 Å². The van der Waals surface area contributed by atoms with Crippen molar-refractivity contribution in [2.45, 2.75) is 143 Å². The minimum absolute atomic E-state index is 0.0697. The Morgan fingerprint density at radius 1 is 0.833 bits per heavy atom. The molecule has 0 aromatic heterocycles. The summed E-state index contributed by atoms with van der Waals surface area (Å²) in [5.74, 6) is 0.0812. The van der Waals surface area contributed by atoms with Gasteiger partial charge in [-0.25, -0.2) is 0 Å². The summed E-state index contributed by atoms with van der Waals surface area (Å²) in [7, 11) is 1.53. The Morgan fingerprint density at radius 3 is 2.05 bits per heavy atom. The van der Waals surface area contributed by atoms with Gasteiger partial charge in [-0.15, -0.1) is 0 Å². The zero-order chi connectivity index (χ0) is 31.0. The van der Waals surface area contributed by atoms with E-state index in [0.717, 1.165) is 38.5 Å². The number of unbranched alkanes of at least 4 members (excludes halogenated alkanes) is 11. The van der Waals surface area contributed by atoms with E-state index in [2.05, 4.69) is 52.0 Å². The molecule has 0 atom stereocenters. The molecule has 0 heterocycles. The van der Waals surface area contributed by atoms with Crippen LogP contribution in [0.15, 0.2) is 41.5 Å². The Bertz CT molecular complexity index is 998. The van der Waals surface area contributed by atoms with Crippen LogP contribution < -0.4 is 4.74 Å². The predicted octanol–water partition coefficient (Wildman–Crippen LogP) is 10.5. The number of phenolic OH excluding ortho intramolecular Hbond substituents is 1. The second-order valence-electron chi connectivity index (χ2n) is 11.7. The van der Waals surface area contributed by atoms with Gasteiger partial charge in [0.15, 0.2) is 6.29 Å². The molecule has 42 heavy (non-hydrogen) atoms. The molecule has 0 saturated heterocycles. The summed E-state index contributed by atoms with van der Waals surface area (Å²) in [5, 5.41) is 10.9. The van der Waals surface area contributed by atoms with Crippen molar-refractivity contribution in [1.82, 2.24) is 0 Å². The van der Waals surface area contributed by atoms with Crippen molar-refractivity contribution in [3.05, 3.63) is 58.2 Å². The van der Waals surface area contributed by atoms with Crippen LogP contribution >= 0.6 is 0 Å². The lowest BCUT2D eigenvalue weighted by Crippen LogP contribution is -2.07. The van der Waals surface area contributed by atoms with Crippen molar-refractivity contribution in [2.24, 2.45) is 0 Å². The number of carbonyl (C=O) groups excluding carboxylic acids is 2. The van der Waals surface area contributed by atoms with Crippen LogP contribution in [0.25, 0.3) is 0 Å². The van der Waals surface area contributed by atoms with Crippen LogP contribution in [0.5, 0.6) is 11.5 Å². The number of phenols is 1. The Hall–Kier alpha value is -2.82. The molecular formula is C37H58O5. The van der Waals surface area contributed by atoms with E-state index >= 15 is 0 Å². The smallest absolute Gasteiger partial charge is 0.306 e.